The molecule has 20 heavy (non-hydrogen) atoms. The van der Waals surface area contributed by atoms with Crippen molar-refractivity contribution >= 4 is 58.3 Å². The van der Waals surface area contributed by atoms with Gasteiger partial charge in [0.1, 0.15) is 5.82 Å². The fourth-order valence-electron chi connectivity index (χ4n) is 1.44. The van der Waals surface area contributed by atoms with Crippen molar-refractivity contribution < 1.29 is 4.39 Å². The first-order chi connectivity index (χ1) is 9.49. The minimum absolute atomic E-state index is 0.169. The number of anilines is 1. The Morgan fingerprint density at radius 1 is 1.00 bits per heavy atom. The Hall–Kier alpha value is -1.000. The van der Waals surface area contributed by atoms with E-state index in [4.69, 9.17) is 46.4 Å². The summed E-state index contributed by atoms with van der Waals surface area (Å²) in [6.45, 7) is 0. The molecule has 104 valence electrons. The lowest BCUT2D eigenvalue weighted by atomic mass is 10.2. The maximum Gasteiger partial charge on any atom is 0.133 e. The summed E-state index contributed by atoms with van der Waals surface area (Å²) in [6.07, 6.45) is 1.25. The normalized spacial score (nSPS) is 11.1. The van der Waals surface area contributed by atoms with Gasteiger partial charge in [0.25, 0.3) is 0 Å². The molecular formula is C13H7Cl4FN2. The summed E-state index contributed by atoms with van der Waals surface area (Å²) in [5, 5.41) is 5.15. The van der Waals surface area contributed by atoms with Crippen molar-refractivity contribution in [2.45, 2.75) is 0 Å². The second kappa shape index (κ2) is 6.64. The summed E-state index contributed by atoms with van der Waals surface area (Å²) in [5.74, 6) is -0.476. The van der Waals surface area contributed by atoms with E-state index in [0.29, 0.717) is 20.8 Å². The molecule has 0 fully saturated rings. The van der Waals surface area contributed by atoms with Crippen LogP contribution in [0.4, 0.5) is 10.1 Å². The fraction of sp³-hybridized carbons (Fsp3) is 0. The predicted molar refractivity (Wildman–Crippen MR) is 84.1 cm³/mol. The highest BCUT2D eigenvalue weighted by atomic mass is 35.5. The molecule has 0 aliphatic rings. The standard InChI is InChI=1S/C13H7Cl4FN2/c14-7-4-10(16)13(11(17)5-7)20-19-6-8-9(15)2-1-3-12(8)18/h1-6,20H. The number of hydrogen-bond acceptors (Lipinski definition) is 2. The zero-order chi connectivity index (χ0) is 14.7. The van der Waals surface area contributed by atoms with Crippen LogP contribution in [0, 0.1) is 5.82 Å². The molecule has 0 saturated carbocycles. The van der Waals surface area contributed by atoms with Gasteiger partial charge in [0.15, 0.2) is 0 Å². The van der Waals surface area contributed by atoms with Crippen molar-refractivity contribution in [1.29, 1.82) is 0 Å². The van der Waals surface area contributed by atoms with E-state index in [9.17, 15) is 4.39 Å². The SMILES string of the molecule is Fc1cccc(Cl)c1C=NNc1c(Cl)cc(Cl)cc1Cl. The van der Waals surface area contributed by atoms with Gasteiger partial charge in [-0.1, -0.05) is 52.5 Å². The highest BCUT2D eigenvalue weighted by molar-refractivity contribution is 6.41. The maximum atomic E-state index is 13.5. The van der Waals surface area contributed by atoms with Crippen LogP contribution < -0.4 is 5.43 Å². The van der Waals surface area contributed by atoms with E-state index in [2.05, 4.69) is 10.5 Å². The van der Waals surface area contributed by atoms with Crippen LogP contribution in [-0.2, 0) is 0 Å². The molecule has 7 heteroatoms. The van der Waals surface area contributed by atoms with Crippen LogP contribution in [0.25, 0.3) is 0 Å². The number of hydrazone groups is 1. The Balaban J connectivity index is 2.23. The predicted octanol–water partition coefficient (Wildman–Crippen LogP) is 5.89. The van der Waals surface area contributed by atoms with Crippen LogP contribution in [0.2, 0.25) is 20.1 Å². The Kier molecular flexibility index (Phi) is 5.11. The number of hydrogen-bond donors (Lipinski definition) is 1. The minimum Gasteiger partial charge on any atom is -0.275 e. The van der Waals surface area contributed by atoms with Crippen LogP contribution in [0.15, 0.2) is 35.4 Å². The van der Waals surface area contributed by atoms with E-state index in [1.807, 2.05) is 0 Å². The molecule has 2 nitrogen and oxygen atoms in total. The zero-order valence-corrected chi connectivity index (χ0v) is 12.8. The van der Waals surface area contributed by atoms with Gasteiger partial charge in [0.2, 0.25) is 0 Å². The van der Waals surface area contributed by atoms with Gasteiger partial charge in [-0.15, -0.1) is 0 Å². The Morgan fingerprint density at radius 2 is 1.65 bits per heavy atom. The molecule has 0 spiro atoms. The molecule has 0 aromatic heterocycles. The van der Waals surface area contributed by atoms with Crippen molar-refractivity contribution in [3.63, 3.8) is 0 Å². The Labute approximate surface area is 135 Å². The van der Waals surface area contributed by atoms with E-state index in [0.717, 1.165) is 0 Å². The van der Waals surface area contributed by atoms with Crippen molar-refractivity contribution in [2.75, 3.05) is 5.43 Å². The van der Waals surface area contributed by atoms with Crippen LogP contribution in [0.1, 0.15) is 5.56 Å². The molecule has 2 aromatic rings. The molecule has 2 rings (SSSR count). The number of nitrogens with zero attached hydrogens (tertiary/aromatic N) is 1. The Morgan fingerprint density at radius 3 is 2.25 bits per heavy atom. The number of nitrogens with one attached hydrogen (secondary N) is 1. The first-order valence-corrected chi connectivity index (χ1v) is 6.88. The van der Waals surface area contributed by atoms with Crippen LogP contribution >= 0.6 is 46.4 Å². The minimum atomic E-state index is -0.476. The highest BCUT2D eigenvalue weighted by Gasteiger charge is 2.07. The third-order valence-corrected chi connectivity index (χ3v) is 3.52. The van der Waals surface area contributed by atoms with E-state index in [1.165, 1.54) is 30.5 Å². The summed E-state index contributed by atoms with van der Waals surface area (Å²) in [6, 6.07) is 7.39. The second-order valence-electron chi connectivity index (χ2n) is 3.75. The molecular weight excluding hydrogens is 345 g/mol. The van der Waals surface area contributed by atoms with E-state index < -0.39 is 5.82 Å². The summed E-state index contributed by atoms with van der Waals surface area (Å²) in [4.78, 5) is 0. The van der Waals surface area contributed by atoms with E-state index >= 15 is 0 Å². The molecule has 0 unspecified atom stereocenters. The lowest BCUT2D eigenvalue weighted by molar-refractivity contribution is 0.626. The van der Waals surface area contributed by atoms with Crippen molar-refractivity contribution in [3.05, 3.63) is 61.8 Å². The summed E-state index contributed by atoms with van der Waals surface area (Å²) < 4.78 is 13.5. The van der Waals surface area contributed by atoms with Gasteiger partial charge in [-0.3, -0.25) is 5.43 Å². The van der Waals surface area contributed by atoms with Crippen LogP contribution in [-0.4, -0.2) is 6.21 Å². The van der Waals surface area contributed by atoms with Crippen LogP contribution in [0.5, 0.6) is 0 Å². The van der Waals surface area contributed by atoms with E-state index in [1.54, 1.807) is 6.07 Å². The van der Waals surface area contributed by atoms with Gasteiger partial charge in [0.05, 0.1) is 27.0 Å². The summed E-state index contributed by atoms with van der Waals surface area (Å²) in [5.41, 5.74) is 3.18. The molecule has 0 heterocycles. The summed E-state index contributed by atoms with van der Waals surface area (Å²) in [7, 11) is 0. The highest BCUT2D eigenvalue weighted by Crippen LogP contribution is 2.33. The second-order valence-corrected chi connectivity index (χ2v) is 5.41. The van der Waals surface area contributed by atoms with Crippen molar-refractivity contribution in [2.24, 2.45) is 5.10 Å². The summed E-state index contributed by atoms with van der Waals surface area (Å²) >= 11 is 23.6. The zero-order valence-electron chi connectivity index (χ0n) is 9.80. The average Bonchev–Trinajstić information content (AvgIpc) is 2.35. The fourth-order valence-corrected chi connectivity index (χ4v) is 2.56. The topological polar surface area (TPSA) is 24.4 Å². The smallest absolute Gasteiger partial charge is 0.133 e. The lowest BCUT2D eigenvalue weighted by Gasteiger charge is -2.06. The first kappa shape index (κ1) is 15.4. The Bertz CT molecular complexity index is 630. The monoisotopic (exact) mass is 350 g/mol. The molecule has 1 N–H and O–H groups in total. The largest absolute Gasteiger partial charge is 0.275 e. The molecule has 0 bridgehead atoms. The van der Waals surface area contributed by atoms with Gasteiger partial charge in [-0.05, 0) is 24.3 Å². The third kappa shape index (κ3) is 3.55. The van der Waals surface area contributed by atoms with Gasteiger partial charge >= 0.3 is 0 Å². The van der Waals surface area contributed by atoms with Crippen LogP contribution in [0.3, 0.4) is 0 Å². The molecule has 2 aromatic carbocycles. The number of rotatable bonds is 3. The molecule has 0 saturated heterocycles. The maximum absolute atomic E-state index is 13.5. The van der Waals surface area contributed by atoms with Crippen molar-refractivity contribution in [3.8, 4) is 0 Å². The lowest BCUT2D eigenvalue weighted by Crippen LogP contribution is -1.95. The van der Waals surface area contributed by atoms with Gasteiger partial charge in [0, 0.05) is 10.6 Å². The number of halogens is 5. The quantitative estimate of drug-likeness (QED) is 0.541. The molecule has 0 aliphatic heterocycles. The average molecular weight is 352 g/mol. The van der Waals surface area contributed by atoms with Gasteiger partial charge < -0.3 is 0 Å². The van der Waals surface area contributed by atoms with E-state index in [-0.39, 0.29) is 10.6 Å². The number of benzene rings is 2. The molecule has 0 radical (unpaired) electrons. The third-order valence-electron chi connectivity index (χ3n) is 2.38. The molecule has 0 aliphatic carbocycles. The van der Waals surface area contributed by atoms with Gasteiger partial charge in [-0.2, -0.15) is 5.10 Å². The van der Waals surface area contributed by atoms with Crippen molar-refractivity contribution in [1.82, 2.24) is 0 Å². The first-order valence-electron chi connectivity index (χ1n) is 5.36. The molecule has 0 atom stereocenters. The van der Waals surface area contributed by atoms with Gasteiger partial charge in [-0.25, -0.2) is 4.39 Å². The molecule has 0 amide bonds.